The Labute approximate surface area is 211 Å². The molecule has 2 aromatic heterocycles. The molecule has 2 aliphatic rings. The number of hydrogen-bond acceptors (Lipinski definition) is 5. The number of carbonyl (C=O) groups is 1. The van der Waals surface area contributed by atoms with Crippen LogP contribution in [0.15, 0.2) is 47.5 Å². The van der Waals surface area contributed by atoms with E-state index in [1.807, 2.05) is 0 Å². The van der Waals surface area contributed by atoms with E-state index in [9.17, 15) is 31.1 Å². The highest BCUT2D eigenvalue weighted by atomic mass is 19.4. The van der Waals surface area contributed by atoms with Crippen molar-refractivity contribution in [2.24, 2.45) is 4.99 Å². The molecule has 2 aliphatic heterocycles. The smallest absolute Gasteiger partial charge is 0.341 e. The van der Waals surface area contributed by atoms with Gasteiger partial charge in [0.05, 0.1) is 23.1 Å². The van der Waals surface area contributed by atoms with Gasteiger partial charge in [-0.1, -0.05) is 0 Å². The van der Waals surface area contributed by atoms with Gasteiger partial charge >= 0.3 is 12.4 Å². The van der Waals surface area contributed by atoms with Gasteiger partial charge < -0.3 is 9.47 Å². The average molecular weight is 532 g/mol. The Kier molecular flexibility index (Phi) is 6.42. The van der Waals surface area contributed by atoms with Crippen LogP contribution in [-0.4, -0.2) is 49.3 Å². The first-order valence-corrected chi connectivity index (χ1v) is 11.5. The second-order valence-electron chi connectivity index (χ2n) is 8.84. The van der Waals surface area contributed by atoms with Crippen molar-refractivity contribution >= 4 is 23.7 Å². The van der Waals surface area contributed by atoms with Crippen molar-refractivity contribution in [1.82, 2.24) is 24.4 Å². The Bertz CT molecular complexity index is 1450. The molecule has 5 rings (SSSR count). The van der Waals surface area contributed by atoms with Crippen LogP contribution in [0.3, 0.4) is 0 Å². The lowest BCUT2D eigenvalue weighted by molar-refractivity contribution is -0.143. The molecular formula is C25H18F6N6O. The van der Waals surface area contributed by atoms with Crippen molar-refractivity contribution in [2.45, 2.75) is 37.7 Å². The maximum atomic E-state index is 13.3. The molecule has 38 heavy (non-hydrogen) atoms. The number of hydrogen-bond donors (Lipinski definition) is 0. The molecule has 0 unspecified atom stereocenters. The van der Waals surface area contributed by atoms with E-state index >= 15 is 0 Å². The number of fused-ring (bicyclic) bond motifs is 1. The molecule has 0 saturated carbocycles. The number of benzene rings is 1. The van der Waals surface area contributed by atoms with Gasteiger partial charge in [0.2, 0.25) is 5.91 Å². The normalized spacial score (nSPS) is 15.7. The highest BCUT2D eigenvalue weighted by molar-refractivity contribution is 5.78. The van der Waals surface area contributed by atoms with Gasteiger partial charge in [0.25, 0.3) is 0 Å². The van der Waals surface area contributed by atoms with E-state index in [0.717, 1.165) is 0 Å². The predicted molar refractivity (Wildman–Crippen MR) is 123 cm³/mol. The van der Waals surface area contributed by atoms with Crippen LogP contribution in [-0.2, 0) is 23.7 Å². The number of imidazole rings is 1. The first-order valence-electron chi connectivity index (χ1n) is 11.5. The number of aromatic nitrogens is 4. The van der Waals surface area contributed by atoms with E-state index in [4.69, 9.17) is 0 Å². The number of carbonyl (C=O) groups excluding carboxylic acids is 1. The summed E-state index contributed by atoms with van der Waals surface area (Å²) in [6.45, 7) is 0.812. The van der Waals surface area contributed by atoms with Crippen molar-refractivity contribution in [3.63, 3.8) is 0 Å². The van der Waals surface area contributed by atoms with Crippen LogP contribution in [0, 0.1) is 0 Å². The molecule has 13 heteroatoms. The lowest BCUT2D eigenvalue weighted by Crippen LogP contribution is -2.40. The highest BCUT2D eigenvalue weighted by Gasteiger charge is 2.37. The third kappa shape index (κ3) is 5.25. The van der Waals surface area contributed by atoms with Crippen LogP contribution in [0.5, 0.6) is 0 Å². The summed E-state index contributed by atoms with van der Waals surface area (Å²) in [4.78, 5) is 31.3. The number of alkyl halides is 6. The summed E-state index contributed by atoms with van der Waals surface area (Å²) in [5.41, 5.74) is 0.122. The van der Waals surface area contributed by atoms with Crippen LogP contribution < -0.4 is 0 Å². The second kappa shape index (κ2) is 9.59. The summed E-state index contributed by atoms with van der Waals surface area (Å²) in [7, 11) is 0. The zero-order valence-corrected chi connectivity index (χ0v) is 19.5. The first kappa shape index (κ1) is 25.4. The van der Waals surface area contributed by atoms with Crippen molar-refractivity contribution < 1.29 is 31.1 Å². The molecule has 0 atom stereocenters. The van der Waals surface area contributed by atoms with Crippen molar-refractivity contribution in [3.05, 3.63) is 65.2 Å². The quantitative estimate of drug-likeness (QED) is 0.265. The standard InChI is InChI=1S/C25H18F6N6O/c26-24(27,28)17-10-16(11-18(12-17)25(29,30)31)19-3-7-32-22(35-19)15-4-8-36(9-5-15)21(38)13-37-14-34-20-2-1-6-33-23(20)37/h2-3,7,10-12,14-15H,4-5,8-9,13H2. The minimum Gasteiger partial charge on any atom is -0.341 e. The van der Waals surface area contributed by atoms with E-state index in [0.29, 0.717) is 55.4 Å². The molecule has 1 amide bonds. The van der Waals surface area contributed by atoms with Crippen molar-refractivity contribution in [3.8, 4) is 11.3 Å². The number of halogens is 6. The average Bonchev–Trinajstić information content (AvgIpc) is 3.30. The molecule has 0 radical (unpaired) electrons. The largest absolute Gasteiger partial charge is 0.416 e. The van der Waals surface area contributed by atoms with Gasteiger partial charge in [0.15, 0.2) is 5.82 Å². The van der Waals surface area contributed by atoms with E-state index in [2.05, 4.69) is 31.5 Å². The van der Waals surface area contributed by atoms with Gasteiger partial charge in [-0.15, -0.1) is 0 Å². The molecule has 7 nitrogen and oxygen atoms in total. The summed E-state index contributed by atoms with van der Waals surface area (Å²) in [5, 5.41) is 0. The minimum absolute atomic E-state index is 0.0368. The van der Waals surface area contributed by atoms with Crippen LogP contribution >= 0.6 is 0 Å². The Balaban J connectivity index is 1.30. The molecule has 1 fully saturated rings. The Morgan fingerprint density at radius 3 is 2.34 bits per heavy atom. The van der Waals surface area contributed by atoms with Crippen LogP contribution in [0.2, 0.25) is 0 Å². The number of aliphatic imine (C=N–C) groups is 1. The Morgan fingerprint density at radius 1 is 1.00 bits per heavy atom. The highest BCUT2D eigenvalue weighted by Crippen LogP contribution is 2.38. The monoisotopic (exact) mass is 532 g/mol. The van der Waals surface area contributed by atoms with Crippen molar-refractivity contribution in [2.75, 3.05) is 13.1 Å². The van der Waals surface area contributed by atoms with Crippen molar-refractivity contribution in [1.29, 1.82) is 0 Å². The van der Waals surface area contributed by atoms with E-state index < -0.39 is 23.5 Å². The van der Waals surface area contributed by atoms with Crippen LogP contribution in [0.4, 0.5) is 32.2 Å². The zero-order chi connectivity index (χ0) is 27.1. The first-order chi connectivity index (χ1) is 18.0. The molecule has 0 N–H and O–H groups in total. The predicted octanol–water partition coefficient (Wildman–Crippen LogP) is 5.27. The van der Waals surface area contributed by atoms with Crippen LogP contribution in [0.25, 0.3) is 17.3 Å². The Morgan fingerprint density at radius 2 is 1.68 bits per heavy atom. The van der Waals surface area contributed by atoms with E-state index in [1.54, 1.807) is 15.5 Å². The molecule has 0 spiro atoms. The van der Waals surface area contributed by atoms with Gasteiger partial charge in [-0.05, 0) is 42.8 Å². The summed E-state index contributed by atoms with van der Waals surface area (Å²) >= 11 is 0. The number of likely N-dealkylation sites (tertiary alicyclic amines) is 1. The summed E-state index contributed by atoms with van der Waals surface area (Å²) in [5.74, 6) is 3.05. The topological polar surface area (TPSA) is 76.3 Å². The number of amides is 1. The fourth-order valence-electron chi connectivity index (χ4n) is 4.38. The lowest BCUT2D eigenvalue weighted by atomic mass is 9.95. The maximum absolute atomic E-state index is 13.3. The lowest BCUT2D eigenvalue weighted by Gasteiger charge is -2.31. The van der Waals surface area contributed by atoms with Gasteiger partial charge in [-0.3, -0.25) is 4.79 Å². The van der Waals surface area contributed by atoms with Crippen LogP contribution in [0.1, 0.15) is 41.4 Å². The molecule has 0 aliphatic carbocycles. The fourth-order valence-corrected chi connectivity index (χ4v) is 4.38. The molecule has 4 heterocycles. The fraction of sp³-hybridized carbons (Fsp3) is 0.320. The zero-order valence-electron chi connectivity index (χ0n) is 19.5. The van der Waals surface area contributed by atoms with E-state index in [-0.39, 0.29) is 35.7 Å². The third-order valence-electron chi connectivity index (χ3n) is 6.35. The second-order valence-corrected chi connectivity index (χ2v) is 8.84. The molecule has 0 bridgehead atoms. The number of rotatable bonds is 4. The molecule has 1 saturated heterocycles. The maximum Gasteiger partial charge on any atom is 0.416 e. The molecule has 196 valence electrons. The van der Waals surface area contributed by atoms with Gasteiger partial charge in [0, 0.05) is 42.7 Å². The molecule has 1 aromatic carbocycles. The Hall–Kier alpha value is -4.21. The molecule has 3 aromatic rings. The number of nitrogens with zero attached hydrogens (tertiary/aromatic N) is 6. The minimum atomic E-state index is -4.96. The summed E-state index contributed by atoms with van der Waals surface area (Å²) in [6.07, 6.45) is -4.50. The van der Waals surface area contributed by atoms with Gasteiger partial charge in [-0.2, -0.15) is 31.3 Å². The summed E-state index contributed by atoms with van der Waals surface area (Å²) in [6, 6.07) is 2.65. The SMILES string of the molecule is O=C(Cn1cnc2c1N=C=C=C2)N1CCC(c2nccc(-c3cc(C(F)(F)F)cc(C(F)(F)F)c3)n2)CC1. The van der Waals surface area contributed by atoms with Gasteiger partial charge in [-0.25, -0.2) is 15.0 Å². The van der Waals surface area contributed by atoms with Gasteiger partial charge in [0.1, 0.15) is 18.1 Å². The van der Waals surface area contributed by atoms with E-state index in [1.165, 1.54) is 18.6 Å². The third-order valence-corrected chi connectivity index (χ3v) is 6.35. The number of piperidine rings is 1. The summed E-state index contributed by atoms with van der Waals surface area (Å²) < 4.78 is 81.3. The molecular weight excluding hydrogens is 514 g/mol.